The molecule has 0 radical (unpaired) electrons. The molecule has 4 heterocycles. The maximum absolute atomic E-state index is 12.9. The molecule has 0 fully saturated rings. The van der Waals surface area contributed by atoms with Crippen molar-refractivity contribution < 1.29 is 18.3 Å². The molecule has 4 aromatic heterocycles. The number of methoxy groups -OCH3 is 1. The molecule has 0 bridgehead atoms. The molecule has 0 amide bonds. The lowest BCUT2D eigenvalue weighted by atomic mass is 9.98. The summed E-state index contributed by atoms with van der Waals surface area (Å²) in [5, 5.41) is 20.9. The van der Waals surface area contributed by atoms with Gasteiger partial charge in [0.05, 0.1) is 41.6 Å². The van der Waals surface area contributed by atoms with Crippen molar-refractivity contribution in [1.29, 1.82) is 0 Å². The molecular formula is C31H30N8O4S. The molecule has 0 aliphatic carbocycles. The van der Waals surface area contributed by atoms with Crippen LogP contribution >= 0.6 is 0 Å². The monoisotopic (exact) mass is 610 g/mol. The van der Waals surface area contributed by atoms with Crippen molar-refractivity contribution in [2.75, 3.05) is 17.1 Å². The van der Waals surface area contributed by atoms with E-state index in [0.717, 1.165) is 38.5 Å². The number of aliphatic hydroxyl groups is 1. The van der Waals surface area contributed by atoms with Crippen LogP contribution in [-0.2, 0) is 16.6 Å². The number of hydrogen-bond acceptors (Lipinski definition) is 10. The number of sulfonamides is 1. The Morgan fingerprint density at radius 3 is 2.48 bits per heavy atom. The van der Waals surface area contributed by atoms with Crippen LogP contribution in [0, 0.1) is 6.92 Å². The maximum Gasteiger partial charge on any atom is 0.264 e. The highest BCUT2D eigenvalue weighted by Gasteiger charge is 2.19. The number of aryl methyl sites for hydroxylation is 1. The fourth-order valence-corrected chi connectivity index (χ4v) is 5.89. The highest BCUT2D eigenvalue weighted by Crippen LogP contribution is 2.34. The minimum Gasteiger partial charge on any atom is -0.481 e. The molecule has 6 aromatic rings. The normalized spacial score (nSPS) is 12.0. The second-order valence-electron chi connectivity index (χ2n) is 10.9. The Labute approximate surface area is 253 Å². The summed E-state index contributed by atoms with van der Waals surface area (Å²) in [5.74, 6) is 0.725. The molecule has 2 aromatic carbocycles. The van der Waals surface area contributed by atoms with Gasteiger partial charge in [0.2, 0.25) is 11.8 Å². The molecule has 224 valence electrons. The number of rotatable bonds is 9. The number of aromatic nitrogens is 6. The summed E-state index contributed by atoms with van der Waals surface area (Å²) in [4.78, 5) is 17.3. The van der Waals surface area contributed by atoms with Gasteiger partial charge in [-0.3, -0.25) is 9.67 Å². The van der Waals surface area contributed by atoms with Crippen LogP contribution in [0.1, 0.15) is 19.4 Å². The lowest BCUT2D eigenvalue weighted by Crippen LogP contribution is -2.26. The first kappa shape index (κ1) is 29.0. The van der Waals surface area contributed by atoms with E-state index in [1.807, 2.05) is 42.1 Å². The summed E-state index contributed by atoms with van der Waals surface area (Å²) < 4.78 is 35.0. The molecule has 0 unspecified atom stereocenters. The highest BCUT2D eigenvalue weighted by molar-refractivity contribution is 7.92. The van der Waals surface area contributed by atoms with Crippen LogP contribution in [0.15, 0.2) is 84.3 Å². The van der Waals surface area contributed by atoms with Crippen LogP contribution in [-0.4, -0.2) is 56.0 Å². The number of hydrogen-bond donors (Lipinski definition) is 3. The lowest BCUT2D eigenvalue weighted by molar-refractivity contribution is 0.0591. The summed E-state index contributed by atoms with van der Waals surface area (Å²) >= 11 is 0. The first-order chi connectivity index (χ1) is 21.0. The van der Waals surface area contributed by atoms with Gasteiger partial charge >= 0.3 is 0 Å². The number of fused-ring (bicyclic) bond motifs is 2. The van der Waals surface area contributed by atoms with Gasteiger partial charge in [0.15, 0.2) is 0 Å². The Hall–Kier alpha value is -5.14. The van der Waals surface area contributed by atoms with Crippen molar-refractivity contribution in [3.63, 3.8) is 0 Å². The number of anilines is 3. The van der Waals surface area contributed by atoms with Gasteiger partial charge in [0, 0.05) is 52.1 Å². The van der Waals surface area contributed by atoms with E-state index in [9.17, 15) is 13.5 Å². The Balaban J connectivity index is 1.27. The average Bonchev–Trinajstić information content (AvgIpc) is 3.39. The minimum atomic E-state index is -3.92. The molecule has 0 aliphatic rings. The van der Waals surface area contributed by atoms with Crippen molar-refractivity contribution in [2.24, 2.45) is 0 Å². The van der Waals surface area contributed by atoms with E-state index in [-0.39, 0.29) is 16.7 Å². The topological polar surface area (TPSA) is 157 Å². The Morgan fingerprint density at radius 1 is 0.955 bits per heavy atom. The van der Waals surface area contributed by atoms with Crippen LogP contribution in [0.5, 0.6) is 5.88 Å². The van der Waals surface area contributed by atoms with Gasteiger partial charge in [-0.25, -0.2) is 23.1 Å². The molecule has 12 nitrogen and oxygen atoms in total. The molecule has 0 aliphatic heterocycles. The van der Waals surface area contributed by atoms with Crippen LogP contribution in [0.3, 0.4) is 0 Å². The van der Waals surface area contributed by atoms with Crippen molar-refractivity contribution in [1.82, 2.24) is 29.7 Å². The van der Waals surface area contributed by atoms with Crippen LogP contribution < -0.4 is 14.8 Å². The average molecular weight is 611 g/mol. The molecular weight excluding hydrogens is 580 g/mol. The van der Waals surface area contributed by atoms with Gasteiger partial charge in [-0.05, 0) is 68.8 Å². The summed E-state index contributed by atoms with van der Waals surface area (Å²) in [7, 11) is -2.48. The zero-order chi connectivity index (χ0) is 31.1. The molecule has 13 heteroatoms. The Morgan fingerprint density at radius 2 is 1.73 bits per heavy atom. The van der Waals surface area contributed by atoms with E-state index >= 15 is 0 Å². The summed E-state index contributed by atoms with van der Waals surface area (Å²) in [5.41, 5.74) is 3.49. The standard InChI is InChI=1S/C31H30N8O4S/c1-19-23(9-10-26-25(19)17-35-39(26)18-31(2,3)40)29-24-15-27(34-16-20(24)11-13-32-29)36-21-5-7-22(8-6-21)44(41,42)38-30-33-14-12-28(37-30)43-4/h5-17,40H,18H2,1-4H3,(H,34,36)(H,33,37,38). The van der Waals surface area contributed by atoms with Crippen LogP contribution in [0.25, 0.3) is 32.9 Å². The van der Waals surface area contributed by atoms with Gasteiger partial charge < -0.3 is 15.2 Å². The summed E-state index contributed by atoms with van der Waals surface area (Å²) in [6, 6.07) is 15.6. The molecule has 0 saturated heterocycles. The zero-order valence-electron chi connectivity index (χ0n) is 24.5. The van der Waals surface area contributed by atoms with Crippen molar-refractivity contribution >= 4 is 49.2 Å². The van der Waals surface area contributed by atoms with Crippen molar-refractivity contribution in [3.05, 3.63) is 84.9 Å². The third kappa shape index (κ3) is 5.87. The summed E-state index contributed by atoms with van der Waals surface area (Å²) in [6.07, 6.45) is 6.76. The summed E-state index contributed by atoms with van der Waals surface area (Å²) in [6.45, 7) is 5.94. The first-order valence-corrected chi connectivity index (χ1v) is 15.2. The molecule has 0 atom stereocenters. The lowest BCUT2D eigenvalue weighted by Gasteiger charge is -2.18. The molecule has 0 saturated carbocycles. The van der Waals surface area contributed by atoms with Crippen molar-refractivity contribution in [2.45, 2.75) is 37.8 Å². The van der Waals surface area contributed by atoms with Crippen molar-refractivity contribution in [3.8, 4) is 17.1 Å². The molecule has 0 spiro atoms. The quantitative estimate of drug-likeness (QED) is 0.202. The maximum atomic E-state index is 12.9. The molecule has 3 N–H and O–H groups in total. The Kier molecular flexibility index (Phi) is 7.35. The first-order valence-electron chi connectivity index (χ1n) is 13.7. The van der Waals surface area contributed by atoms with Gasteiger partial charge in [0.25, 0.3) is 10.0 Å². The van der Waals surface area contributed by atoms with Gasteiger partial charge in [-0.1, -0.05) is 6.07 Å². The largest absolute Gasteiger partial charge is 0.481 e. The number of ether oxygens (including phenoxy) is 1. The minimum absolute atomic E-state index is 0.0455. The van der Waals surface area contributed by atoms with E-state index < -0.39 is 15.6 Å². The smallest absolute Gasteiger partial charge is 0.264 e. The van der Waals surface area contributed by atoms with Gasteiger partial charge in [0.1, 0.15) is 5.82 Å². The van der Waals surface area contributed by atoms with E-state index in [4.69, 9.17) is 9.72 Å². The number of pyridine rings is 2. The fraction of sp³-hybridized carbons (Fsp3) is 0.194. The number of nitrogens with one attached hydrogen (secondary N) is 2. The fourth-order valence-electron chi connectivity index (χ4n) is 4.94. The van der Waals surface area contributed by atoms with Gasteiger partial charge in [-0.2, -0.15) is 10.1 Å². The highest BCUT2D eigenvalue weighted by atomic mass is 32.2. The predicted molar refractivity (Wildman–Crippen MR) is 168 cm³/mol. The Bertz CT molecular complexity index is 2110. The number of benzene rings is 2. The van der Waals surface area contributed by atoms with E-state index in [2.05, 4.69) is 30.1 Å². The molecule has 44 heavy (non-hydrogen) atoms. The SMILES string of the molecule is COc1ccnc(NS(=O)(=O)c2ccc(Nc3cc4c(-c5ccc6c(cnn6CC(C)(C)O)c5C)nccc4cn3)cc2)n1. The second kappa shape index (κ2) is 11.2. The van der Waals surface area contributed by atoms with E-state index in [0.29, 0.717) is 18.1 Å². The van der Waals surface area contributed by atoms with E-state index in [1.165, 1.54) is 31.5 Å². The van der Waals surface area contributed by atoms with E-state index in [1.54, 1.807) is 38.4 Å². The van der Waals surface area contributed by atoms with Crippen LogP contribution in [0.4, 0.5) is 17.5 Å². The molecule has 6 rings (SSSR count). The third-order valence-corrected chi connectivity index (χ3v) is 8.38. The second-order valence-corrected chi connectivity index (χ2v) is 12.6. The van der Waals surface area contributed by atoms with Gasteiger partial charge in [-0.15, -0.1) is 0 Å². The van der Waals surface area contributed by atoms with Crippen LogP contribution in [0.2, 0.25) is 0 Å². The zero-order valence-corrected chi connectivity index (χ0v) is 25.3. The third-order valence-electron chi connectivity index (χ3n) is 7.04. The number of nitrogens with zero attached hydrogens (tertiary/aromatic N) is 6. The predicted octanol–water partition coefficient (Wildman–Crippen LogP) is 5.07.